The third kappa shape index (κ3) is 4.74. The van der Waals surface area contributed by atoms with Gasteiger partial charge in [0.05, 0.1) is 10.6 Å². The first-order valence-electron chi connectivity index (χ1n) is 8.53. The number of rotatable bonds is 5. The standard InChI is InChI=1S/C22H19ClN2O2/c1-15-7-5-6-8-17(15)14-24-21(26)16-11-12-20(23)19(13-16)22(27)25-18-9-3-2-4-10-18/h2-13H,14H2,1H3,(H,24,26)(H,25,27). The number of aryl methyl sites for hydroxylation is 1. The molecule has 2 N–H and O–H groups in total. The summed E-state index contributed by atoms with van der Waals surface area (Å²) in [7, 11) is 0. The van der Waals surface area contributed by atoms with Crippen LogP contribution >= 0.6 is 11.6 Å². The second-order valence-electron chi connectivity index (χ2n) is 6.12. The monoisotopic (exact) mass is 378 g/mol. The number of amides is 2. The number of anilines is 1. The second-order valence-corrected chi connectivity index (χ2v) is 6.53. The Balaban J connectivity index is 1.73. The van der Waals surface area contributed by atoms with Gasteiger partial charge < -0.3 is 10.6 Å². The smallest absolute Gasteiger partial charge is 0.257 e. The lowest BCUT2D eigenvalue weighted by atomic mass is 10.1. The highest BCUT2D eigenvalue weighted by Crippen LogP contribution is 2.20. The highest BCUT2D eigenvalue weighted by Gasteiger charge is 2.15. The van der Waals surface area contributed by atoms with Crippen molar-refractivity contribution in [3.05, 3.63) is 100 Å². The zero-order chi connectivity index (χ0) is 19.2. The summed E-state index contributed by atoms with van der Waals surface area (Å²) < 4.78 is 0. The highest BCUT2D eigenvalue weighted by molar-refractivity contribution is 6.34. The van der Waals surface area contributed by atoms with Crippen LogP contribution in [0.25, 0.3) is 0 Å². The molecule has 0 saturated carbocycles. The zero-order valence-corrected chi connectivity index (χ0v) is 15.6. The molecule has 0 unspecified atom stereocenters. The molecule has 3 rings (SSSR count). The van der Waals surface area contributed by atoms with Gasteiger partial charge in [-0.25, -0.2) is 0 Å². The number of benzene rings is 3. The van der Waals surface area contributed by atoms with E-state index in [9.17, 15) is 9.59 Å². The summed E-state index contributed by atoms with van der Waals surface area (Å²) in [5.41, 5.74) is 3.45. The predicted octanol–water partition coefficient (Wildman–Crippen LogP) is 4.83. The average Bonchev–Trinajstić information content (AvgIpc) is 2.68. The van der Waals surface area contributed by atoms with Gasteiger partial charge in [0.1, 0.15) is 0 Å². The first-order chi connectivity index (χ1) is 13.0. The number of carbonyl (C=O) groups excluding carboxylic acids is 2. The molecule has 3 aromatic rings. The topological polar surface area (TPSA) is 58.2 Å². The molecule has 0 saturated heterocycles. The van der Waals surface area contributed by atoms with Crippen molar-refractivity contribution in [2.45, 2.75) is 13.5 Å². The number of halogens is 1. The van der Waals surface area contributed by atoms with E-state index in [-0.39, 0.29) is 17.4 Å². The first kappa shape index (κ1) is 18.7. The maximum Gasteiger partial charge on any atom is 0.257 e. The van der Waals surface area contributed by atoms with E-state index in [1.807, 2.05) is 49.4 Å². The Bertz CT molecular complexity index is 971. The quantitative estimate of drug-likeness (QED) is 0.668. The number of carbonyl (C=O) groups is 2. The van der Waals surface area contributed by atoms with Gasteiger partial charge >= 0.3 is 0 Å². The Kier molecular flexibility index (Phi) is 5.89. The van der Waals surface area contributed by atoms with Gasteiger partial charge in [-0.2, -0.15) is 0 Å². The minimum Gasteiger partial charge on any atom is -0.348 e. The van der Waals surface area contributed by atoms with E-state index in [4.69, 9.17) is 11.6 Å². The molecule has 0 aliphatic rings. The fourth-order valence-electron chi connectivity index (χ4n) is 2.65. The van der Waals surface area contributed by atoms with E-state index < -0.39 is 0 Å². The molecular formula is C22H19ClN2O2. The molecule has 4 nitrogen and oxygen atoms in total. The zero-order valence-electron chi connectivity index (χ0n) is 14.8. The lowest BCUT2D eigenvalue weighted by Crippen LogP contribution is -2.24. The molecule has 0 aliphatic heterocycles. The van der Waals surface area contributed by atoms with Crippen LogP contribution in [0.2, 0.25) is 5.02 Å². The Morgan fingerprint density at radius 3 is 2.33 bits per heavy atom. The molecule has 5 heteroatoms. The number of para-hydroxylation sites is 1. The van der Waals surface area contributed by atoms with Gasteiger partial charge in [-0.1, -0.05) is 54.1 Å². The van der Waals surface area contributed by atoms with Gasteiger partial charge in [0, 0.05) is 17.8 Å². The Morgan fingerprint density at radius 2 is 1.59 bits per heavy atom. The molecule has 0 atom stereocenters. The molecular weight excluding hydrogens is 360 g/mol. The maximum atomic E-state index is 12.5. The fourth-order valence-corrected chi connectivity index (χ4v) is 2.85. The van der Waals surface area contributed by atoms with Crippen LogP contribution in [0.4, 0.5) is 5.69 Å². The van der Waals surface area contributed by atoms with Crippen LogP contribution in [-0.2, 0) is 6.54 Å². The molecule has 27 heavy (non-hydrogen) atoms. The molecule has 3 aromatic carbocycles. The van der Waals surface area contributed by atoms with Crippen molar-refractivity contribution in [1.29, 1.82) is 0 Å². The summed E-state index contributed by atoms with van der Waals surface area (Å²) in [6, 6.07) is 21.6. The lowest BCUT2D eigenvalue weighted by molar-refractivity contribution is 0.0951. The summed E-state index contributed by atoms with van der Waals surface area (Å²) in [5.74, 6) is -0.622. The number of hydrogen-bond acceptors (Lipinski definition) is 2. The maximum absolute atomic E-state index is 12.5. The minimum atomic E-state index is -0.361. The van der Waals surface area contributed by atoms with E-state index in [1.165, 1.54) is 6.07 Å². The van der Waals surface area contributed by atoms with E-state index in [0.717, 1.165) is 11.1 Å². The van der Waals surface area contributed by atoms with E-state index in [1.54, 1.807) is 24.3 Å². The average molecular weight is 379 g/mol. The largest absolute Gasteiger partial charge is 0.348 e. The van der Waals surface area contributed by atoms with E-state index >= 15 is 0 Å². The van der Waals surface area contributed by atoms with Crippen molar-refractivity contribution < 1.29 is 9.59 Å². The molecule has 0 fully saturated rings. The van der Waals surface area contributed by atoms with Crippen LogP contribution in [0.15, 0.2) is 72.8 Å². The molecule has 0 spiro atoms. The summed E-state index contributed by atoms with van der Waals surface area (Å²) >= 11 is 6.16. The summed E-state index contributed by atoms with van der Waals surface area (Å²) in [5, 5.41) is 5.94. The molecule has 0 bridgehead atoms. The van der Waals surface area contributed by atoms with Gasteiger partial charge in [-0.3, -0.25) is 9.59 Å². The lowest BCUT2D eigenvalue weighted by Gasteiger charge is -2.10. The van der Waals surface area contributed by atoms with Crippen molar-refractivity contribution in [2.75, 3.05) is 5.32 Å². The van der Waals surface area contributed by atoms with E-state index in [0.29, 0.717) is 22.8 Å². The van der Waals surface area contributed by atoms with Crippen molar-refractivity contribution in [3.8, 4) is 0 Å². The van der Waals surface area contributed by atoms with Crippen molar-refractivity contribution in [1.82, 2.24) is 5.32 Å². The van der Waals surface area contributed by atoms with Gasteiger partial charge in [0.15, 0.2) is 0 Å². The predicted molar refractivity (Wildman–Crippen MR) is 108 cm³/mol. The summed E-state index contributed by atoms with van der Waals surface area (Å²) in [6.07, 6.45) is 0. The molecule has 2 amide bonds. The molecule has 0 aromatic heterocycles. The molecule has 136 valence electrons. The third-order valence-electron chi connectivity index (χ3n) is 4.21. The van der Waals surface area contributed by atoms with Gasteiger partial charge in [-0.15, -0.1) is 0 Å². The molecule has 0 aliphatic carbocycles. The van der Waals surface area contributed by atoms with Crippen LogP contribution in [0.3, 0.4) is 0 Å². The fraction of sp³-hybridized carbons (Fsp3) is 0.0909. The third-order valence-corrected chi connectivity index (χ3v) is 4.54. The van der Waals surface area contributed by atoms with Crippen LogP contribution in [0.5, 0.6) is 0 Å². The van der Waals surface area contributed by atoms with Crippen LogP contribution in [0.1, 0.15) is 31.8 Å². The summed E-state index contributed by atoms with van der Waals surface area (Å²) in [6.45, 7) is 2.41. The SMILES string of the molecule is Cc1ccccc1CNC(=O)c1ccc(Cl)c(C(=O)Nc2ccccc2)c1. The van der Waals surface area contributed by atoms with Crippen LogP contribution < -0.4 is 10.6 Å². The van der Waals surface area contributed by atoms with Crippen LogP contribution in [0, 0.1) is 6.92 Å². The van der Waals surface area contributed by atoms with Crippen LogP contribution in [-0.4, -0.2) is 11.8 Å². The molecule has 0 heterocycles. The first-order valence-corrected chi connectivity index (χ1v) is 8.91. The van der Waals surface area contributed by atoms with Crippen molar-refractivity contribution in [2.24, 2.45) is 0 Å². The van der Waals surface area contributed by atoms with Gasteiger partial charge in [0.25, 0.3) is 11.8 Å². The molecule has 0 radical (unpaired) electrons. The van der Waals surface area contributed by atoms with Gasteiger partial charge in [0.2, 0.25) is 0 Å². The summed E-state index contributed by atoms with van der Waals surface area (Å²) in [4.78, 5) is 25.0. The normalized spacial score (nSPS) is 10.3. The second kappa shape index (κ2) is 8.52. The van der Waals surface area contributed by atoms with Crippen molar-refractivity contribution >= 4 is 29.1 Å². The van der Waals surface area contributed by atoms with E-state index in [2.05, 4.69) is 10.6 Å². The highest BCUT2D eigenvalue weighted by atomic mass is 35.5. The van der Waals surface area contributed by atoms with Gasteiger partial charge in [-0.05, 0) is 48.4 Å². The Morgan fingerprint density at radius 1 is 0.889 bits per heavy atom. The van der Waals surface area contributed by atoms with Crippen molar-refractivity contribution in [3.63, 3.8) is 0 Å². The number of hydrogen-bond donors (Lipinski definition) is 2. The number of nitrogens with one attached hydrogen (secondary N) is 2. The minimum absolute atomic E-state index is 0.254. The Labute approximate surface area is 163 Å². The Hall–Kier alpha value is -3.11.